The van der Waals surface area contributed by atoms with Gasteiger partial charge in [0.15, 0.2) is 0 Å². The number of nitrogens with two attached hydrogens (primary N) is 1. The Morgan fingerprint density at radius 3 is 1.56 bits per heavy atom. The van der Waals surface area contributed by atoms with Crippen LogP contribution in [0.15, 0.2) is 36.5 Å². The fourth-order valence-electron chi connectivity index (χ4n) is 4.08. The summed E-state index contributed by atoms with van der Waals surface area (Å²) >= 11 is 0. The molecule has 0 saturated carbocycles. The van der Waals surface area contributed by atoms with Gasteiger partial charge in [-0.2, -0.15) is 0 Å². The molecule has 1 nitrogen and oxygen atoms in total. The molecule has 0 aliphatic heterocycles. The zero-order valence-corrected chi connectivity index (χ0v) is 22.3. The summed E-state index contributed by atoms with van der Waals surface area (Å²) < 4.78 is 0. The van der Waals surface area contributed by atoms with E-state index < -0.39 is 0 Å². The Morgan fingerprint density at radius 2 is 1.00 bits per heavy atom. The lowest BCUT2D eigenvalue weighted by Crippen LogP contribution is -2.16. The minimum Gasteiger partial charge on any atom is -0.324 e. The number of hydrogen-bond donors (Lipinski definition) is 1. The van der Waals surface area contributed by atoms with Gasteiger partial charge in [-0.1, -0.05) is 134 Å². The quantitative estimate of drug-likeness (QED) is 0.116. The van der Waals surface area contributed by atoms with Crippen molar-refractivity contribution in [1.82, 2.24) is 0 Å². The molecule has 2 N–H and O–H groups in total. The summed E-state index contributed by atoms with van der Waals surface area (Å²) in [6.45, 7) is 6.91. The van der Waals surface area contributed by atoms with Crippen molar-refractivity contribution in [3.8, 4) is 0 Å². The Balaban J connectivity index is 3.33. The Kier molecular flexibility index (Phi) is 25.8. The average molecular weight is 446 g/mol. The maximum atomic E-state index is 6.24. The Bertz CT molecular complexity index is 432. The van der Waals surface area contributed by atoms with E-state index in [0.717, 1.165) is 18.8 Å². The molecule has 1 unspecified atom stereocenters. The van der Waals surface area contributed by atoms with Crippen LogP contribution in [0.4, 0.5) is 0 Å². The molecule has 0 bridgehead atoms. The number of rotatable bonds is 24. The Labute approximate surface area is 203 Å². The molecule has 0 amide bonds. The van der Waals surface area contributed by atoms with Crippen molar-refractivity contribution >= 4 is 0 Å². The summed E-state index contributed by atoms with van der Waals surface area (Å²) in [6, 6.07) is 0.272. The molecule has 0 aliphatic carbocycles. The van der Waals surface area contributed by atoms with E-state index in [9.17, 15) is 0 Å². The SMILES string of the molecule is CCCCC/C=C/C/C=C/CCCCCCC/C=C/C(N)CCCCCCCCC(C)C. The van der Waals surface area contributed by atoms with Crippen molar-refractivity contribution in [2.75, 3.05) is 0 Å². The minimum absolute atomic E-state index is 0.272. The normalized spacial score (nSPS) is 13.4. The minimum atomic E-state index is 0.272. The van der Waals surface area contributed by atoms with Crippen LogP contribution in [0, 0.1) is 5.92 Å². The summed E-state index contributed by atoms with van der Waals surface area (Å²) in [4.78, 5) is 0. The van der Waals surface area contributed by atoms with E-state index in [-0.39, 0.29) is 6.04 Å². The van der Waals surface area contributed by atoms with Crippen LogP contribution in [0.25, 0.3) is 0 Å². The van der Waals surface area contributed by atoms with Crippen LogP contribution < -0.4 is 5.73 Å². The van der Waals surface area contributed by atoms with Gasteiger partial charge < -0.3 is 5.73 Å². The molecule has 1 atom stereocenters. The molecular weight excluding hydrogens is 386 g/mol. The number of allylic oxidation sites excluding steroid dienone is 5. The lowest BCUT2D eigenvalue weighted by atomic mass is 10.0. The van der Waals surface area contributed by atoms with Crippen molar-refractivity contribution < 1.29 is 0 Å². The van der Waals surface area contributed by atoms with Crippen LogP contribution in [0.2, 0.25) is 0 Å². The second kappa shape index (κ2) is 26.4. The monoisotopic (exact) mass is 445 g/mol. The van der Waals surface area contributed by atoms with Gasteiger partial charge in [0.1, 0.15) is 0 Å². The van der Waals surface area contributed by atoms with Crippen LogP contribution in [0.3, 0.4) is 0 Å². The molecule has 0 aromatic carbocycles. The lowest BCUT2D eigenvalue weighted by molar-refractivity contribution is 0.506. The molecule has 0 rings (SSSR count). The first-order chi connectivity index (χ1) is 15.7. The van der Waals surface area contributed by atoms with Gasteiger partial charge in [0.25, 0.3) is 0 Å². The van der Waals surface area contributed by atoms with Crippen molar-refractivity contribution in [3.05, 3.63) is 36.5 Å². The predicted octanol–water partition coefficient (Wildman–Crippen LogP) is 10.5. The largest absolute Gasteiger partial charge is 0.324 e. The van der Waals surface area contributed by atoms with Crippen LogP contribution in [0.1, 0.15) is 149 Å². The van der Waals surface area contributed by atoms with E-state index in [1.165, 1.54) is 116 Å². The molecule has 32 heavy (non-hydrogen) atoms. The Morgan fingerprint density at radius 1 is 0.531 bits per heavy atom. The summed E-state index contributed by atoms with van der Waals surface area (Å²) in [6.07, 6.45) is 40.4. The van der Waals surface area contributed by atoms with Crippen LogP contribution in [0.5, 0.6) is 0 Å². The van der Waals surface area contributed by atoms with Gasteiger partial charge in [-0.05, 0) is 57.3 Å². The highest BCUT2D eigenvalue weighted by Crippen LogP contribution is 2.13. The zero-order valence-electron chi connectivity index (χ0n) is 22.3. The molecule has 0 heterocycles. The number of hydrogen-bond acceptors (Lipinski definition) is 1. The third-order valence-corrected chi connectivity index (χ3v) is 6.27. The van der Waals surface area contributed by atoms with E-state index in [2.05, 4.69) is 57.2 Å². The van der Waals surface area contributed by atoms with Gasteiger partial charge in [0.2, 0.25) is 0 Å². The van der Waals surface area contributed by atoms with Gasteiger partial charge in [-0.25, -0.2) is 0 Å². The van der Waals surface area contributed by atoms with E-state index in [1.54, 1.807) is 0 Å². The third-order valence-electron chi connectivity index (χ3n) is 6.27. The fraction of sp³-hybridized carbons (Fsp3) is 0.806. The first-order valence-electron chi connectivity index (χ1n) is 14.4. The van der Waals surface area contributed by atoms with Crippen molar-refractivity contribution in [2.24, 2.45) is 11.7 Å². The first-order valence-corrected chi connectivity index (χ1v) is 14.4. The maximum Gasteiger partial charge on any atom is 0.0223 e. The lowest BCUT2D eigenvalue weighted by Gasteiger charge is -2.07. The highest BCUT2D eigenvalue weighted by Gasteiger charge is 1.98. The fourth-order valence-corrected chi connectivity index (χ4v) is 4.08. The van der Waals surface area contributed by atoms with Gasteiger partial charge in [0.05, 0.1) is 0 Å². The van der Waals surface area contributed by atoms with E-state index in [4.69, 9.17) is 5.73 Å². The summed E-state index contributed by atoms with van der Waals surface area (Å²) in [5.41, 5.74) is 6.24. The highest BCUT2D eigenvalue weighted by atomic mass is 14.6. The topological polar surface area (TPSA) is 26.0 Å². The molecule has 0 aromatic rings. The summed E-state index contributed by atoms with van der Waals surface area (Å²) in [5.74, 6) is 0.865. The standard InChI is InChI=1S/C31H59N/c1-4-5-6-7-8-9-10-11-12-13-14-15-16-17-18-22-25-28-31(32)29-26-23-20-19-21-24-27-30(2)3/h8-9,11-12,25,28,30-31H,4-7,10,13-24,26-27,29,32H2,1-3H3/b9-8+,12-11+,28-25+. The maximum absolute atomic E-state index is 6.24. The average Bonchev–Trinajstić information content (AvgIpc) is 2.77. The summed E-state index contributed by atoms with van der Waals surface area (Å²) in [7, 11) is 0. The predicted molar refractivity (Wildman–Crippen MR) is 148 cm³/mol. The molecule has 0 radical (unpaired) electrons. The van der Waals surface area contributed by atoms with Crippen molar-refractivity contribution in [1.29, 1.82) is 0 Å². The molecule has 0 aromatic heterocycles. The molecule has 188 valence electrons. The van der Waals surface area contributed by atoms with E-state index in [1.807, 2.05) is 0 Å². The van der Waals surface area contributed by atoms with Crippen molar-refractivity contribution in [2.45, 2.75) is 155 Å². The van der Waals surface area contributed by atoms with Crippen LogP contribution >= 0.6 is 0 Å². The second-order valence-corrected chi connectivity index (χ2v) is 10.2. The second-order valence-electron chi connectivity index (χ2n) is 10.2. The van der Waals surface area contributed by atoms with E-state index >= 15 is 0 Å². The van der Waals surface area contributed by atoms with Gasteiger partial charge >= 0.3 is 0 Å². The number of unbranched alkanes of at least 4 members (excludes halogenated alkanes) is 14. The molecular formula is C31H59N. The van der Waals surface area contributed by atoms with Gasteiger partial charge in [-0.3, -0.25) is 0 Å². The summed E-state index contributed by atoms with van der Waals surface area (Å²) in [5, 5.41) is 0. The molecule has 1 heteroatoms. The molecule has 0 spiro atoms. The molecule has 0 fully saturated rings. The highest BCUT2D eigenvalue weighted by molar-refractivity contribution is 4.93. The van der Waals surface area contributed by atoms with Crippen molar-refractivity contribution in [3.63, 3.8) is 0 Å². The van der Waals surface area contributed by atoms with Crippen LogP contribution in [-0.2, 0) is 0 Å². The smallest absolute Gasteiger partial charge is 0.0223 e. The van der Waals surface area contributed by atoms with Crippen LogP contribution in [-0.4, -0.2) is 6.04 Å². The Hall–Kier alpha value is -0.820. The first kappa shape index (κ1) is 31.2. The third kappa shape index (κ3) is 27.2. The van der Waals surface area contributed by atoms with Gasteiger partial charge in [-0.15, -0.1) is 0 Å². The molecule has 0 saturated heterocycles. The zero-order chi connectivity index (χ0) is 23.5. The molecule has 0 aliphatic rings. The van der Waals surface area contributed by atoms with Gasteiger partial charge in [0, 0.05) is 6.04 Å². The van der Waals surface area contributed by atoms with E-state index in [0.29, 0.717) is 0 Å².